The first kappa shape index (κ1) is 11.6. The molecule has 0 bridgehead atoms. The van der Waals surface area contributed by atoms with E-state index in [1.54, 1.807) is 6.92 Å². The Labute approximate surface area is 95.7 Å². The monoisotopic (exact) mass is 243 g/mol. The van der Waals surface area contributed by atoms with Gasteiger partial charge in [-0.1, -0.05) is 13.3 Å². The van der Waals surface area contributed by atoms with Crippen LogP contribution in [0.1, 0.15) is 31.9 Å². The van der Waals surface area contributed by atoms with E-state index in [0.717, 1.165) is 19.3 Å². The van der Waals surface area contributed by atoms with Crippen LogP contribution in [0.15, 0.2) is 11.1 Å². The van der Waals surface area contributed by atoms with Crippen LogP contribution < -0.4 is 4.72 Å². The molecule has 2 unspecified atom stereocenters. The van der Waals surface area contributed by atoms with Crippen molar-refractivity contribution >= 4 is 10.0 Å². The second-order valence-electron chi connectivity index (χ2n) is 4.50. The highest BCUT2D eigenvalue weighted by atomic mass is 32.2. The highest BCUT2D eigenvalue weighted by Gasteiger charge is 2.29. The molecule has 16 heavy (non-hydrogen) atoms. The number of aryl methyl sites for hydroxylation is 1. The molecule has 0 aromatic carbocycles. The van der Waals surface area contributed by atoms with Gasteiger partial charge in [0.2, 0.25) is 10.0 Å². The molecule has 1 aliphatic rings. The molecule has 1 aromatic heterocycles. The summed E-state index contributed by atoms with van der Waals surface area (Å²) in [5, 5.41) is 6.38. The number of nitrogens with zero attached hydrogens (tertiary/aromatic N) is 1. The molecule has 0 saturated heterocycles. The molecule has 0 amide bonds. The fraction of sp³-hybridized carbons (Fsp3) is 0.700. The standard InChI is InChI=1S/C10H17N3O2S/c1-7-4-3-5-9(7)13-16(14,15)10-6-11-12-8(10)2/h6-7,9,13H,3-5H2,1-2H3,(H,11,12). The first-order valence-electron chi connectivity index (χ1n) is 5.53. The number of aromatic amines is 1. The first-order chi connectivity index (χ1) is 7.50. The van der Waals surface area contributed by atoms with Gasteiger partial charge in [0.25, 0.3) is 0 Å². The molecule has 0 aliphatic heterocycles. The molecule has 1 saturated carbocycles. The Morgan fingerprint density at radius 2 is 2.25 bits per heavy atom. The smallest absolute Gasteiger partial charge is 0.244 e. The van der Waals surface area contributed by atoms with Crippen molar-refractivity contribution in [2.24, 2.45) is 5.92 Å². The zero-order chi connectivity index (χ0) is 11.8. The van der Waals surface area contributed by atoms with E-state index in [9.17, 15) is 8.42 Å². The quantitative estimate of drug-likeness (QED) is 0.837. The summed E-state index contributed by atoms with van der Waals surface area (Å²) >= 11 is 0. The lowest BCUT2D eigenvalue weighted by Gasteiger charge is -2.16. The van der Waals surface area contributed by atoms with Crippen LogP contribution in [0.4, 0.5) is 0 Å². The van der Waals surface area contributed by atoms with Crippen molar-refractivity contribution in [3.8, 4) is 0 Å². The van der Waals surface area contributed by atoms with Crippen molar-refractivity contribution < 1.29 is 8.42 Å². The van der Waals surface area contributed by atoms with Gasteiger partial charge in [-0.25, -0.2) is 13.1 Å². The van der Waals surface area contributed by atoms with Crippen molar-refractivity contribution in [1.82, 2.24) is 14.9 Å². The van der Waals surface area contributed by atoms with Crippen molar-refractivity contribution in [2.45, 2.75) is 44.0 Å². The Hall–Kier alpha value is -0.880. The highest BCUT2D eigenvalue weighted by Crippen LogP contribution is 2.26. The van der Waals surface area contributed by atoms with Gasteiger partial charge in [0.15, 0.2) is 0 Å². The zero-order valence-electron chi connectivity index (χ0n) is 9.53. The molecular formula is C10H17N3O2S. The van der Waals surface area contributed by atoms with Crippen molar-refractivity contribution in [1.29, 1.82) is 0 Å². The zero-order valence-corrected chi connectivity index (χ0v) is 10.3. The Morgan fingerprint density at radius 3 is 2.75 bits per heavy atom. The molecule has 5 nitrogen and oxygen atoms in total. The number of aromatic nitrogens is 2. The molecule has 0 spiro atoms. The van der Waals surface area contributed by atoms with Crippen LogP contribution in [0.2, 0.25) is 0 Å². The highest BCUT2D eigenvalue weighted by molar-refractivity contribution is 7.89. The average Bonchev–Trinajstić information content (AvgIpc) is 2.76. The summed E-state index contributed by atoms with van der Waals surface area (Å²) < 4.78 is 26.8. The van der Waals surface area contributed by atoms with Crippen LogP contribution in [0.5, 0.6) is 0 Å². The summed E-state index contributed by atoms with van der Waals surface area (Å²) in [7, 11) is -3.41. The summed E-state index contributed by atoms with van der Waals surface area (Å²) in [5.74, 6) is 0.419. The fourth-order valence-corrected chi connectivity index (χ4v) is 3.71. The van der Waals surface area contributed by atoms with Crippen LogP contribution in [0.25, 0.3) is 0 Å². The maximum absolute atomic E-state index is 12.0. The topological polar surface area (TPSA) is 74.8 Å². The summed E-state index contributed by atoms with van der Waals surface area (Å²) in [6, 6.07) is 0.0688. The SMILES string of the molecule is Cc1[nH]ncc1S(=O)(=O)NC1CCCC1C. The Balaban J connectivity index is 2.18. The summed E-state index contributed by atoms with van der Waals surface area (Å²) in [6.07, 6.45) is 4.48. The van der Waals surface area contributed by atoms with Crippen LogP contribution in [-0.4, -0.2) is 24.7 Å². The third-order valence-corrected chi connectivity index (χ3v) is 4.84. The molecule has 1 heterocycles. The second-order valence-corrected chi connectivity index (χ2v) is 6.18. The van der Waals surface area contributed by atoms with E-state index in [-0.39, 0.29) is 10.9 Å². The molecule has 1 fully saturated rings. The molecular weight excluding hydrogens is 226 g/mol. The number of hydrogen-bond acceptors (Lipinski definition) is 3. The van der Waals surface area contributed by atoms with Gasteiger partial charge in [0.1, 0.15) is 4.90 Å². The third kappa shape index (κ3) is 2.12. The van der Waals surface area contributed by atoms with E-state index in [1.807, 2.05) is 0 Å². The van der Waals surface area contributed by atoms with Crippen molar-refractivity contribution in [3.05, 3.63) is 11.9 Å². The van der Waals surface area contributed by atoms with E-state index in [1.165, 1.54) is 6.20 Å². The van der Waals surface area contributed by atoms with Crippen LogP contribution in [0, 0.1) is 12.8 Å². The normalized spacial score (nSPS) is 26.1. The maximum atomic E-state index is 12.0. The van der Waals surface area contributed by atoms with E-state index in [4.69, 9.17) is 0 Å². The van der Waals surface area contributed by atoms with Crippen LogP contribution >= 0.6 is 0 Å². The lowest BCUT2D eigenvalue weighted by Crippen LogP contribution is -2.36. The maximum Gasteiger partial charge on any atom is 0.244 e. The largest absolute Gasteiger partial charge is 0.281 e. The molecule has 1 aliphatic carbocycles. The molecule has 2 rings (SSSR count). The van der Waals surface area contributed by atoms with Crippen molar-refractivity contribution in [2.75, 3.05) is 0 Å². The number of rotatable bonds is 3. The summed E-state index contributed by atoms with van der Waals surface area (Å²) in [6.45, 7) is 3.79. The Morgan fingerprint density at radius 1 is 1.50 bits per heavy atom. The van der Waals surface area contributed by atoms with E-state index in [2.05, 4.69) is 21.8 Å². The molecule has 0 radical (unpaired) electrons. The molecule has 90 valence electrons. The minimum Gasteiger partial charge on any atom is -0.281 e. The average molecular weight is 243 g/mol. The number of sulfonamides is 1. The van der Waals surface area contributed by atoms with E-state index < -0.39 is 10.0 Å². The third-order valence-electron chi connectivity index (χ3n) is 3.24. The van der Waals surface area contributed by atoms with Crippen LogP contribution in [-0.2, 0) is 10.0 Å². The lowest BCUT2D eigenvalue weighted by atomic mass is 10.1. The van der Waals surface area contributed by atoms with Gasteiger partial charge in [-0.2, -0.15) is 5.10 Å². The van der Waals surface area contributed by atoms with Gasteiger partial charge in [-0.15, -0.1) is 0 Å². The number of hydrogen-bond donors (Lipinski definition) is 2. The van der Waals surface area contributed by atoms with Gasteiger partial charge >= 0.3 is 0 Å². The van der Waals surface area contributed by atoms with Crippen LogP contribution in [0.3, 0.4) is 0 Å². The predicted molar refractivity (Wildman–Crippen MR) is 60.4 cm³/mol. The van der Waals surface area contributed by atoms with Crippen molar-refractivity contribution in [3.63, 3.8) is 0 Å². The molecule has 6 heteroatoms. The minimum absolute atomic E-state index is 0.0688. The predicted octanol–water partition coefficient (Wildman–Crippen LogP) is 1.19. The van der Waals surface area contributed by atoms with Gasteiger partial charge in [0, 0.05) is 6.04 Å². The first-order valence-corrected chi connectivity index (χ1v) is 7.01. The minimum atomic E-state index is -3.41. The summed E-state index contributed by atoms with van der Waals surface area (Å²) in [5.41, 5.74) is 0.582. The number of H-pyrrole nitrogens is 1. The van der Waals surface area contributed by atoms with E-state index >= 15 is 0 Å². The molecule has 2 N–H and O–H groups in total. The van der Waals surface area contributed by atoms with Gasteiger partial charge in [-0.3, -0.25) is 5.10 Å². The van der Waals surface area contributed by atoms with Gasteiger partial charge in [0.05, 0.1) is 11.9 Å². The fourth-order valence-electron chi connectivity index (χ4n) is 2.19. The molecule has 1 aromatic rings. The Kier molecular flexibility index (Phi) is 3.03. The lowest BCUT2D eigenvalue weighted by molar-refractivity contribution is 0.476. The second kappa shape index (κ2) is 4.18. The van der Waals surface area contributed by atoms with Gasteiger partial charge < -0.3 is 0 Å². The number of nitrogens with one attached hydrogen (secondary N) is 2. The van der Waals surface area contributed by atoms with Gasteiger partial charge in [-0.05, 0) is 25.7 Å². The van der Waals surface area contributed by atoms with E-state index in [0.29, 0.717) is 11.6 Å². The molecule has 2 atom stereocenters. The summed E-state index contributed by atoms with van der Waals surface area (Å²) in [4.78, 5) is 0.256. The Bertz CT molecular complexity index is 466.